The van der Waals surface area contributed by atoms with Crippen molar-refractivity contribution in [1.29, 1.82) is 0 Å². The Morgan fingerprint density at radius 1 is 1.43 bits per heavy atom. The van der Waals surface area contributed by atoms with Crippen LogP contribution in [-0.4, -0.2) is 33.1 Å². The molecule has 1 heterocycles. The number of carboxylic acids is 1. The highest BCUT2D eigenvalue weighted by Crippen LogP contribution is 2.22. The van der Waals surface area contributed by atoms with Crippen molar-refractivity contribution in [2.75, 3.05) is 0 Å². The molecular formula is C13H12BrN3O3S. The fourth-order valence-corrected chi connectivity index (χ4v) is 2.79. The fourth-order valence-electron chi connectivity index (χ4n) is 1.61. The van der Waals surface area contributed by atoms with Crippen molar-refractivity contribution in [3.8, 4) is 0 Å². The molecule has 1 atom stereocenters. The first-order valence-corrected chi connectivity index (χ1v) is 7.70. The van der Waals surface area contributed by atoms with Gasteiger partial charge in [0.05, 0.1) is 12.1 Å². The maximum absolute atomic E-state index is 11.5. The summed E-state index contributed by atoms with van der Waals surface area (Å²) in [6.07, 6.45) is -0.231. The minimum Gasteiger partial charge on any atom is -0.481 e. The Balaban J connectivity index is 2.07. The number of aliphatic carboxylic acids is 1. The number of carboxylic acid groups (broad SMARTS) is 1. The molecule has 1 aromatic rings. The van der Waals surface area contributed by atoms with Crippen molar-refractivity contribution < 1.29 is 14.7 Å². The van der Waals surface area contributed by atoms with Crippen LogP contribution in [0.1, 0.15) is 18.9 Å². The maximum atomic E-state index is 11.5. The number of thioether (sulfide) groups is 1. The Kier molecular flexibility index (Phi) is 5.13. The lowest BCUT2D eigenvalue weighted by molar-refractivity contribution is -0.138. The van der Waals surface area contributed by atoms with Crippen LogP contribution < -0.4 is 5.32 Å². The second-order valence-electron chi connectivity index (χ2n) is 4.29. The van der Waals surface area contributed by atoms with E-state index >= 15 is 0 Å². The smallest absolute Gasteiger partial charge is 0.305 e. The molecule has 1 saturated heterocycles. The molecule has 8 heteroatoms. The number of carbonyl (C=O) groups excluding carboxylic acids is 1. The first-order chi connectivity index (χ1) is 9.95. The molecule has 0 radical (unpaired) electrons. The molecule has 2 rings (SSSR count). The molecule has 21 heavy (non-hydrogen) atoms. The lowest BCUT2D eigenvalue weighted by atomic mass is 10.1. The number of benzene rings is 1. The van der Waals surface area contributed by atoms with Gasteiger partial charge in [-0.25, -0.2) is 0 Å². The average Bonchev–Trinajstić information content (AvgIpc) is 2.77. The minimum absolute atomic E-state index is 0.231. The van der Waals surface area contributed by atoms with E-state index in [0.717, 1.165) is 21.8 Å². The molecule has 1 aliphatic rings. The topological polar surface area (TPSA) is 91.1 Å². The third-order valence-electron chi connectivity index (χ3n) is 2.69. The van der Waals surface area contributed by atoms with Gasteiger partial charge in [0.15, 0.2) is 5.17 Å². The number of amidine groups is 1. The summed E-state index contributed by atoms with van der Waals surface area (Å²) < 4.78 is 0.973. The van der Waals surface area contributed by atoms with Crippen LogP contribution >= 0.6 is 27.7 Å². The summed E-state index contributed by atoms with van der Waals surface area (Å²) in [4.78, 5) is 22.2. The molecule has 1 fully saturated rings. The van der Waals surface area contributed by atoms with E-state index in [1.54, 1.807) is 0 Å². The third kappa shape index (κ3) is 4.40. The molecule has 0 aliphatic carbocycles. The van der Waals surface area contributed by atoms with E-state index < -0.39 is 11.2 Å². The van der Waals surface area contributed by atoms with Gasteiger partial charge in [0.2, 0.25) is 5.91 Å². The maximum Gasteiger partial charge on any atom is 0.305 e. The van der Waals surface area contributed by atoms with Crippen LogP contribution in [0.15, 0.2) is 38.9 Å². The van der Waals surface area contributed by atoms with Crippen molar-refractivity contribution in [2.24, 2.45) is 10.2 Å². The molecule has 0 bridgehead atoms. The van der Waals surface area contributed by atoms with Gasteiger partial charge in [0.1, 0.15) is 5.25 Å². The van der Waals surface area contributed by atoms with E-state index in [2.05, 4.69) is 31.4 Å². The first-order valence-electron chi connectivity index (χ1n) is 6.03. The van der Waals surface area contributed by atoms with Crippen LogP contribution in [0.3, 0.4) is 0 Å². The molecule has 0 unspecified atom stereocenters. The Hall–Kier alpha value is -1.67. The van der Waals surface area contributed by atoms with Gasteiger partial charge < -0.3 is 10.4 Å². The summed E-state index contributed by atoms with van der Waals surface area (Å²) >= 11 is 4.43. The fraction of sp³-hybridized carbons (Fsp3) is 0.231. The van der Waals surface area contributed by atoms with E-state index in [1.807, 2.05) is 31.2 Å². The third-order valence-corrected chi connectivity index (χ3v) is 4.29. The van der Waals surface area contributed by atoms with Gasteiger partial charge in [0.25, 0.3) is 0 Å². The summed E-state index contributed by atoms with van der Waals surface area (Å²) in [5, 5.41) is 18.9. The second kappa shape index (κ2) is 6.86. The van der Waals surface area contributed by atoms with Gasteiger partial charge in [-0.1, -0.05) is 39.8 Å². The van der Waals surface area contributed by atoms with Crippen LogP contribution in [0.4, 0.5) is 0 Å². The zero-order valence-corrected chi connectivity index (χ0v) is 13.4. The van der Waals surface area contributed by atoms with Gasteiger partial charge in [-0.05, 0) is 24.6 Å². The normalized spacial score (nSPS) is 20.7. The Labute approximate surface area is 133 Å². The number of carbonyl (C=O) groups is 2. The summed E-state index contributed by atoms with van der Waals surface area (Å²) in [5.41, 5.74) is 1.62. The highest BCUT2D eigenvalue weighted by molar-refractivity contribution is 9.10. The van der Waals surface area contributed by atoms with E-state index in [1.165, 1.54) is 0 Å². The second-order valence-corrected chi connectivity index (χ2v) is 6.40. The van der Waals surface area contributed by atoms with Crippen LogP contribution in [0.2, 0.25) is 0 Å². The number of hydrogen-bond acceptors (Lipinski definition) is 5. The Morgan fingerprint density at radius 2 is 2.10 bits per heavy atom. The minimum atomic E-state index is -1.02. The van der Waals surface area contributed by atoms with E-state index in [0.29, 0.717) is 10.9 Å². The number of hydrogen-bond donors (Lipinski definition) is 2. The number of halogens is 1. The predicted octanol–water partition coefficient (Wildman–Crippen LogP) is 2.24. The van der Waals surface area contributed by atoms with E-state index in [4.69, 9.17) is 5.11 Å². The van der Waals surface area contributed by atoms with Gasteiger partial charge in [-0.15, -0.1) is 5.10 Å². The van der Waals surface area contributed by atoms with Crippen LogP contribution in [-0.2, 0) is 9.59 Å². The molecule has 2 N–H and O–H groups in total. The summed E-state index contributed by atoms with van der Waals surface area (Å²) in [6.45, 7) is 1.81. The Morgan fingerprint density at radius 3 is 2.71 bits per heavy atom. The molecular weight excluding hydrogens is 358 g/mol. The molecule has 0 spiro atoms. The van der Waals surface area contributed by atoms with Crippen LogP contribution in [0, 0.1) is 0 Å². The first kappa shape index (κ1) is 15.7. The van der Waals surface area contributed by atoms with Gasteiger partial charge >= 0.3 is 5.97 Å². The molecule has 6 nitrogen and oxygen atoms in total. The molecule has 0 saturated carbocycles. The van der Waals surface area contributed by atoms with Crippen LogP contribution in [0.5, 0.6) is 0 Å². The quantitative estimate of drug-likeness (QED) is 0.628. The zero-order chi connectivity index (χ0) is 15.4. The highest BCUT2D eigenvalue weighted by Gasteiger charge is 2.32. The molecule has 1 aromatic carbocycles. The monoisotopic (exact) mass is 369 g/mol. The molecule has 1 amide bonds. The standard InChI is InChI=1S/C13H12BrN3O3S/c1-7(8-2-4-9(14)5-3-8)16-17-13-15-12(20)10(21-13)6-11(18)19/h2-5,10H,6H2,1H3,(H,18,19)(H,15,17,20)/t10-/m1/s1. The SMILES string of the molecule is CC(=N/N=C1/NC(=O)[C@@H](CC(=O)O)S1)c1ccc(Br)cc1. The predicted molar refractivity (Wildman–Crippen MR) is 85.6 cm³/mol. The van der Waals surface area contributed by atoms with Crippen molar-refractivity contribution in [2.45, 2.75) is 18.6 Å². The van der Waals surface area contributed by atoms with E-state index in [9.17, 15) is 9.59 Å². The van der Waals surface area contributed by atoms with Gasteiger partial charge in [-0.3, -0.25) is 9.59 Å². The average molecular weight is 370 g/mol. The number of rotatable bonds is 4. The number of amides is 1. The zero-order valence-electron chi connectivity index (χ0n) is 11.0. The molecule has 1 aliphatic heterocycles. The molecule has 0 aromatic heterocycles. The summed E-state index contributed by atoms with van der Waals surface area (Å²) in [7, 11) is 0. The summed E-state index contributed by atoms with van der Waals surface area (Å²) in [6, 6.07) is 7.60. The number of nitrogens with zero attached hydrogens (tertiary/aromatic N) is 2. The lowest BCUT2D eigenvalue weighted by Crippen LogP contribution is -2.26. The highest BCUT2D eigenvalue weighted by atomic mass is 79.9. The van der Waals surface area contributed by atoms with Crippen molar-refractivity contribution in [1.82, 2.24) is 5.32 Å². The van der Waals surface area contributed by atoms with Crippen molar-refractivity contribution >= 4 is 50.4 Å². The lowest BCUT2D eigenvalue weighted by Gasteiger charge is -1.99. The van der Waals surface area contributed by atoms with E-state index in [-0.39, 0.29) is 12.3 Å². The molecule has 110 valence electrons. The Bertz CT molecular complexity index is 628. The van der Waals surface area contributed by atoms with Crippen LogP contribution in [0.25, 0.3) is 0 Å². The van der Waals surface area contributed by atoms with Gasteiger partial charge in [0, 0.05) is 4.47 Å². The number of nitrogens with one attached hydrogen (secondary N) is 1. The summed E-state index contributed by atoms with van der Waals surface area (Å²) in [5.74, 6) is -1.36. The van der Waals surface area contributed by atoms with Gasteiger partial charge in [-0.2, -0.15) is 5.10 Å². The van der Waals surface area contributed by atoms with Crippen molar-refractivity contribution in [3.05, 3.63) is 34.3 Å². The van der Waals surface area contributed by atoms with Crippen molar-refractivity contribution in [3.63, 3.8) is 0 Å². The largest absolute Gasteiger partial charge is 0.481 e.